The number of aliphatic hydroxyl groups excluding tert-OH is 1. The SMILES string of the molecule is N#Cc1ccc(OC[C@@H](O)CN2CCc3ccccc3C2)c(F)c1. The summed E-state index contributed by atoms with van der Waals surface area (Å²) in [6, 6.07) is 14.2. The van der Waals surface area contributed by atoms with Crippen molar-refractivity contribution in [2.24, 2.45) is 0 Å². The van der Waals surface area contributed by atoms with Gasteiger partial charge in [0, 0.05) is 19.6 Å². The van der Waals surface area contributed by atoms with Gasteiger partial charge in [0.05, 0.1) is 11.6 Å². The van der Waals surface area contributed by atoms with Crippen LogP contribution in [0.5, 0.6) is 5.75 Å². The maximum Gasteiger partial charge on any atom is 0.166 e. The Morgan fingerprint density at radius 3 is 2.79 bits per heavy atom. The summed E-state index contributed by atoms with van der Waals surface area (Å²) in [6.45, 7) is 2.19. The molecule has 0 bridgehead atoms. The van der Waals surface area contributed by atoms with Gasteiger partial charge in [-0.3, -0.25) is 4.90 Å². The van der Waals surface area contributed by atoms with Gasteiger partial charge in [-0.05, 0) is 35.7 Å². The van der Waals surface area contributed by atoms with E-state index in [-0.39, 0.29) is 17.9 Å². The highest BCUT2D eigenvalue weighted by Gasteiger charge is 2.19. The predicted molar refractivity (Wildman–Crippen MR) is 88.0 cm³/mol. The number of ether oxygens (including phenoxy) is 1. The van der Waals surface area contributed by atoms with Crippen molar-refractivity contribution in [1.29, 1.82) is 5.26 Å². The molecule has 0 aliphatic carbocycles. The lowest BCUT2D eigenvalue weighted by Gasteiger charge is -2.30. The molecule has 0 radical (unpaired) electrons. The van der Waals surface area contributed by atoms with E-state index in [4.69, 9.17) is 10.00 Å². The van der Waals surface area contributed by atoms with E-state index in [1.807, 2.05) is 18.2 Å². The Hall–Kier alpha value is -2.42. The molecule has 1 heterocycles. The van der Waals surface area contributed by atoms with Crippen molar-refractivity contribution < 1.29 is 14.2 Å². The van der Waals surface area contributed by atoms with Crippen molar-refractivity contribution in [3.63, 3.8) is 0 Å². The molecule has 5 heteroatoms. The summed E-state index contributed by atoms with van der Waals surface area (Å²) in [5, 5.41) is 18.9. The van der Waals surface area contributed by atoms with E-state index in [1.54, 1.807) is 0 Å². The fourth-order valence-corrected chi connectivity index (χ4v) is 2.93. The van der Waals surface area contributed by atoms with Crippen LogP contribution in [0, 0.1) is 17.1 Å². The van der Waals surface area contributed by atoms with Crippen molar-refractivity contribution >= 4 is 0 Å². The summed E-state index contributed by atoms with van der Waals surface area (Å²) in [5.41, 5.74) is 2.89. The van der Waals surface area contributed by atoms with Gasteiger partial charge in [-0.1, -0.05) is 24.3 Å². The van der Waals surface area contributed by atoms with Gasteiger partial charge in [0.25, 0.3) is 0 Å². The number of nitrogens with zero attached hydrogens (tertiary/aromatic N) is 2. The minimum absolute atomic E-state index is 0.0148. The van der Waals surface area contributed by atoms with Crippen LogP contribution in [0.1, 0.15) is 16.7 Å². The molecular formula is C19H19FN2O2. The summed E-state index contributed by atoms with van der Waals surface area (Å²) in [4.78, 5) is 2.17. The first-order chi connectivity index (χ1) is 11.7. The van der Waals surface area contributed by atoms with E-state index in [0.717, 1.165) is 25.6 Å². The Kier molecular flexibility index (Phi) is 5.09. The van der Waals surface area contributed by atoms with Gasteiger partial charge in [-0.2, -0.15) is 5.26 Å². The molecule has 2 aromatic carbocycles. The number of β-amino-alcohol motifs (C(OH)–C–C–N with tert-alkyl or cyclic N) is 1. The average molecular weight is 326 g/mol. The lowest BCUT2D eigenvalue weighted by molar-refractivity contribution is 0.0624. The monoisotopic (exact) mass is 326 g/mol. The standard InChI is InChI=1S/C19H19FN2O2/c20-18-9-14(10-21)5-6-19(18)24-13-17(23)12-22-8-7-15-3-1-2-4-16(15)11-22/h1-6,9,17,23H,7-8,11-13H2/t17-/m0/s1. The highest BCUT2D eigenvalue weighted by Crippen LogP contribution is 2.20. The molecule has 0 amide bonds. The normalized spacial score (nSPS) is 15.4. The Labute approximate surface area is 140 Å². The van der Waals surface area contributed by atoms with Gasteiger partial charge in [0.1, 0.15) is 12.7 Å². The summed E-state index contributed by atoms with van der Waals surface area (Å²) in [6.07, 6.45) is 0.263. The van der Waals surface area contributed by atoms with Crippen LogP contribution in [0.3, 0.4) is 0 Å². The van der Waals surface area contributed by atoms with E-state index < -0.39 is 11.9 Å². The van der Waals surface area contributed by atoms with E-state index in [0.29, 0.717) is 6.54 Å². The Bertz CT molecular complexity index is 757. The third-order valence-corrected chi connectivity index (χ3v) is 4.17. The number of hydrogen-bond acceptors (Lipinski definition) is 4. The number of rotatable bonds is 5. The first-order valence-electron chi connectivity index (χ1n) is 7.95. The molecule has 0 saturated carbocycles. The second-order valence-corrected chi connectivity index (χ2v) is 5.98. The topological polar surface area (TPSA) is 56.5 Å². The van der Waals surface area contributed by atoms with E-state index in [1.165, 1.54) is 23.3 Å². The van der Waals surface area contributed by atoms with Crippen molar-refractivity contribution in [1.82, 2.24) is 4.90 Å². The number of nitriles is 1. The molecule has 4 nitrogen and oxygen atoms in total. The molecule has 1 N–H and O–H groups in total. The van der Waals surface area contributed by atoms with Crippen molar-refractivity contribution in [2.45, 2.75) is 19.1 Å². The summed E-state index contributed by atoms with van der Waals surface area (Å²) >= 11 is 0. The summed E-state index contributed by atoms with van der Waals surface area (Å²) in [5.74, 6) is -0.537. The number of aliphatic hydroxyl groups is 1. The molecule has 0 spiro atoms. The van der Waals surface area contributed by atoms with Gasteiger partial charge in [-0.15, -0.1) is 0 Å². The second-order valence-electron chi connectivity index (χ2n) is 5.98. The van der Waals surface area contributed by atoms with E-state index in [2.05, 4.69) is 17.0 Å². The summed E-state index contributed by atoms with van der Waals surface area (Å²) in [7, 11) is 0. The minimum Gasteiger partial charge on any atom is -0.488 e. The van der Waals surface area contributed by atoms with Crippen LogP contribution in [0.25, 0.3) is 0 Å². The zero-order valence-corrected chi connectivity index (χ0v) is 13.3. The minimum atomic E-state index is -0.703. The van der Waals surface area contributed by atoms with Crippen LogP contribution in [-0.4, -0.2) is 35.8 Å². The molecule has 1 aliphatic rings. The molecule has 0 fully saturated rings. The molecule has 124 valence electrons. The molecule has 24 heavy (non-hydrogen) atoms. The number of halogens is 1. The Balaban J connectivity index is 1.52. The lowest BCUT2D eigenvalue weighted by Crippen LogP contribution is -2.38. The molecule has 3 rings (SSSR count). The van der Waals surface area contributed by atoms with Crippen LogP contribution in [-0.2, 0) is 13.0 Å². The predicted octanol–water partition coefficient (Wildman–Crippen LogP) is 2.50. The quantitative estimate of drug-likeness (QED) is 0.917. The fourth-order valence-electron chi connectivity index (χ4n) is 2.93. The second kappa shape index (κ2) is 7.43. The molecule has 0 unspecified atom stereocenters. The van der Waals surface area contributed by atoms with Gasteiger partial charge in [0.2, 0.25) is 0 Å². The number of benzene rings is 2. The van der Waals surface area contributed by atoms with Crippen LogP contribution >= 0.6 is 0 Å². The van der Waals surface area contributed by atoms with Crippen LogP contribution in [0.15, 0.2) is 42.5 Å². The smallest absolute Gasteiger partial charge is 0.166 e. The molecule has 1 atom stereocenters. The average Bonchev–Trinajstić information content (AvgIpc) is 2.60. The van der Waals surface area contributed by atoms with E-state index >= 15 is 0 Å². The van der Waals surface area contributed by atoms with Gasteiger partial charge in [0.15, 0.2) is 11.6 Å². The Morgan fingerprint density at radius 1 is 1.25 bits per heavy atom. The Morgan fingerprint density at radius 2 is 2.04 bits per heavy atom. The summed E-state index contributed by atoms with van der Waals surface area (Å²) < 4.78 is 19.1. The highest BCUT2D eigenvalue weighted by molar-refractivity contribution is 5.36. The molecule has 0 aromatic heterocycles. The number of hydrogen-bond donors (Lipinski definition) is 1. The van der Waals surface area contributed by atoms with E-state index in [9.17, 15) is 9.50 Å². The molecular weight excluding hydrogens is 307 g/mol. The van der Waals surface area contributed by atoms with Gasteiger partial charge in [-0.25, -0.2) is 4.39 Å². The van der Waals surface area contributed by atoms with Crippen LogP contribution < -0.4 is 4.74 Å². The van der Waals surface area contributed by atoms with Crippen molar-refractivity contribution in [3.8, 4) is 11.8 Å². The highest BCUT2D eigenvalue weighted by atomic mass is 19.1. The van der Waals surface area contributed by atoms with Crippen LogP contribution in [0.4, 0.5) is 4.39 Å². The zero-order valence-electron chi connectivity index (χ0n) is 13.3. The first-order valence-corrected chi connectivity index (χ1v) is 7.95. The number of fused-ring (bicyclic) bond motifs is 1. The third kappa shape index (κ3) is 3.91. The maximum atomic E-state index is 13.7. The maximum absolute atomic E-state index is 13.7. The molecule has 0 saturated heterocycles. The third-order valence-electron chi connectivity index (χ3n) is 4.17. The largest absolute Gasteiger partial charge is 0.488 e. The van der Waals surface area contributed by atoms with Gasteiger partial charge < -0.3 is 9.84 Å². The molecule has 2 aromatic rings. The van der Waals surface area contributed by atoms with Gasteiger partial charge >= 0.3 is 0 Å². The first kappa shape index (κ1) is 16.4. The molecule has 1 aliphatic heterocycles. The fraction of sp³-hybridized carbons (Fsp3) is 0.316. The van der Waals surface area contributed by atoms with Crippen molar-refractivity contribution in [2.75, 3.05) is 19.7 Å². The van der Waals surface area contributed by atoms with Crippen LogP contribution in [0.2, 0.25) is 0 Å². The zero-order chi connectivity index (χ0) is 16.9. The lowest BCUT2D eigenvalue weighted by atomic mass is 10.00. The van der Waals surface area contributed by atoms with Crippen molar-refractivity contribution in [3.05, 3.63) is 65.0 Å².